The van der Waals surface area contributed by atoms with Gasteiger partial charge in [0.2, 0.25) is 5.91 Å². The molecule has 0 fully saturated rings. The zero-order valence-electron chi connectivity index (χ0n) is 13.1. The van der Waals surface area contributed by atoms with E-state index in [0.29, 0.717) is 6.42 Å². The molecule has 1 aromatic carbocycles. The topological polar surface area (TPSA) is 46.3 Å². The van der Waals surface area contributed by atoms with Gasteiger partial charge in [0.25, 0.3) is 0 Å². The summed E-state index contributed by atoms with van der Waals surface area (Å²) < 4.78 is 0. The molecule has 1 rings (SSSR count). The van der Waals surface area contributed by atoms with E-state index in [2.05, 4.69) is 6.92 Å². The number of rotatable bonds is 9. The monoisotopic (exact) mass is 310 g/mol. The third-order valence-corrected chi connectivity index (χ3v) is 4.10. The van der Waals surface area contributed by atoms with Gasteiger partial charge in [-0.05, 0) is 50.4 Å². The molecule has 1 aromatic rings. The lowest BCUT2D eigenvalue weighted by Crippen LogP contribution is -2.36. The van der Waals surface area contributed by atoms with Gasteiger partial charge in [0.1, 0.15) is 0 Å². The Labute approximate surface area is 133 Å². The molecule has 2 N–H and O–H groups in total. The van der Waals surface area contributed by atoms with Gasteiger partial charge in [-0.15, -0.1) is 0 Å². The molecule has 0 radical (unpaired) electrons. The van der Waals surface area contributed by atoms with Crippen LogP contribution in [0.15, 0.2) is 24.3 Å². The van der Waals surface area contributed by atoms with E-state index in [9.17, 15) is 4.79 Å². The predicted molar refractivity (Wildman–Crippen MR) is 89.5 cm³/mol. The molecule has 1 amide bonds. The van der Waals surface area contributed by atoms with Crippen LogP contribution in [0.5, 0.6) is 0 Å². The molecule has 0 saturated heterocycles. The molecule has 1 atom stereocenters. The van der Waals surface area contributed by atoms with Crippen LogP contribution in [0, 0.1) is 0 Å². The molecule has 118 valence electrons. The van der Waals surface area contributed by atoms with E-state index in [0.717, 1.165) is 43.7 Å². The SMILES string of the molecule is CC(Cc1ccc(Cl)cc1)N(C)C(=O)CCCCCCN. The van der Waals surface area contributed by atoms with E-state index in [1.165, 1.54) is 5.56 Å². The summed E-state index contributed by atoms with van der Waals surface area (Å²) in [5.41, 5.74) is 6.66. The fourth-order valence-electron chi connectivity index (χ4n) is 2.29. The zero-order chi connectivity index (χ0) is 15.7. The van der Waals surface area contributed by atoms with Crippen LogP contribution in [0.4, 0.5) is 0 Å². The number of carbonyl (C=O) groups excluding carboxylic acids is 1. The van der Waals surface area contributed by atoms with Crippen molar-refractivity contribution in [3.05, 3.63) is 34.9 Å². The van der Waals surface area contributed by atoms with Crippen molar-refractivity contribution in [3.63, 3.8) is 0 Å². The highest BCUT2D eigenvalue weighted by atomic mass is 35.5. The van der Waals surface area contributed by atoms with Crippen LogP contribution in [0.3, 0.4) is 0 Å². The Bertz CT molecular complexity index is 419. The van der Waals surface area contributed by atoms with Crippen LogP contribution in [-0.2, 0) is 11.2 Å². The van der Waals surface area contributed by atoms with Crippen LogP contribution in [0.1, 0.15) is 44.6 Å². The summed E-state index contributed by atoms with van der Waals surface area (Å²) in [6, 6.07) is 8.02. The lowest BCUT2D eigenvalue weighted by molar-refractivity contribution is -0.131. The first-order valence-electron chi connectivity index (χ1n) is 7.74. The molecule has 0 bridgehead atoms. The van der Waals surface area contributed by atoms with Crippen LogP contribution >= 0.6 is 11.6 Å². The van der Waals surface area contributed by atoms with Crippen LogP contribution in [0.2, 0.25) is 5.02 Å². The molecular formula is C17H27ClN2O. The summed E-state index contributed by atoms with van der Waals surface area (Å²) in [7, 11) is 1.89. The highest BCUT2D eigenvalue weighted by Crippen LogP contribution is 2.14. The van der Waals surface area contributed by atoms with Crippen molar-refractivity contribution in [1.29, 1.82) is 0 Å². The Morgan fingerprint density at radius 1 is 1.19 bits per heavy atom. The molecule has 0 spiro atoms. The number of hydrogen-bond acceptors (Lipinski definition) is 2. The molecule has 0 heterocycles. The number of nitrogens with zero attached hydrogens (tertiary/aromatic N) is 1. The molecule has 1 unspecified atom stereocenters. The average molecular weight is 311 g/mol. The maximum absolute atomic E-state index is 12.1. The quantitative estimate of drug-likeness (QED) is 0.708. The van der Waals surface area contributed by atoms with Gasteiger partial charge < -0.3 is 10.6 Å². The summed E-state index contributed by atoms with van der Waals surface area (Å²) in [6.45, 7) is 2.83. The van der Waals surface area contributed by atoms with Crippen molar-refractivity contribution in [2.24, 2.45) is 5.73 Å². The average Bonchev–Trinajstić information content (AvgIpc) is 2.48. The summed E-state index contributed by atoms with van der Waals surface area (Å²) in [5, 5.41) is 0.744. The summed E-state index contributed by atoms with van der Waals surface area (Å²) in [6.07, 6.45) is 5.70. The molecule has 0 aliphatic heterocycles. The van der Waals surface area contributed by atoms with E-state index in [4.69, 9.17) is 17.3 Å². The van der Waals surface area contributed by atoms with E-state index in [-0.39, 0.29) is 11.9 Å². The Hall–Kier alpha value is -1.06. The van der Waals surface area contributed by atoms with Gasteiger partial charge >= 0.3 is 0 Å². The van der Waals surface area contributed by atoms with Crippen molar-refractivity contribution in [3.8, 4) is 0 Å². The Balaban J connectivity index is 2.33. The van der Waals surface area contributed by atoms with Crippen LogP contribution < -0.4 is 5.73 Å². The molecule has 0 aliphatic carbocycles. The fourth-order valence-corrected chi connectivity index (χ4v) is 2.42. The second-order valence-corrected chi connectivity index (χ2v) is 6.07. The number of hydrogen-bond donors (Lipinski definition) is 1. The normalized spacial score (nSPS) is 12.2. The van der Waals surface area contributed by atoms with Crippen molar-refractivity contribution in [1.82, 2.24) is 4.90 Å². The number of nitrogens with two attached hydrogens (primary N) is 1. The summed E-state index contributed by atoms with van der Waals surface area (Å²) in [4.78, 5) is 14.0. The van der Waals surface area contributed by atoms with Gasteiger partial charge in [-0.2, -0.15) is 0 Å². The zero-order valence-corrected chi connectivity index (χ0v) is 13.9. The predicted octanol–water partition coefficient (Wildman–Crippen LogP) is 3.64. The summed E-state index contributed by atoms with van der Waals surface area (Å²) >= 11 is 5.88. The van der Waals surface area contributed by atoms with Gasteiger partial charge in [0, 0.05) is 24.5 Å². The minimum Gasteiger partial charge on any atom is -0.343 e. The fraction of sp³-hybridized carbons (Fsp3) is 0.588. The van der Waals surface area contributed by atoms with E-state index < -0.39 is 0 Å². The molecule has 4 heteroatoms. The number of unbranched alkanes of at least 4 members (excludes halogenated alkanes) is 3. The van der Waals surface area contributed by atoms with Gasteiger partial charge in [-0.1, -0.05) is 36.6 Å². The smallest absolute Gasteiger partial charge is 0.222 e. The van der Waals surface area contributed by atoms with E-state index in [1.807, 2.05) is 36.2 Å². The number of benzene rings is 1. The third-order valence-electron chi connectivity index (χ3n) is 3.84. The molecule has 0 aliphatic rings. The first kappa shape index (κ1) is 18.0. The Kier molecular flexibility index (Phi) is 8.40. The molecule has 0 saturated carbocycles. The number of likely N-dealkylation sites (N-methyl/N-ethyl adjacent to an activating group) is 1. The lowest BCUT2D eigenvalue weighted by atomic mass is 10.1. The molecule has 3 nitrogen and oxygen atoms in total. The van der Waals surface area contributed by atoms with E-state index in [1.54, 1.807) is 0 Å². The number of amides is 1. The molecule has 21 heavy (non-hydrogen) atoms. The van der Waals surface area contributed by atoms with Crippen molar-refractivity contribution >= 4 is 17.5 Å². The maximum Gasteiger partial charge on any atom is 0.222 e. The van der Waals surface area contributed by atoms with Gasteiger partial charge in [0.05, 0.1) is 0 Å². The summed E-state index contributed by atoms with van der Waals surface area (Å²) in [5.74, 6) is 0.226. The third kappa shape index (κ3) is 6.96. The highest BCUT2D eigenvalue weighted by molar-refractivity contribution is 6.30. The number of halogens is 1. The molecular weight excluding hydrogens is 284 g/mol. The van der Waals surface area contributed by atoms with Crippen molar-refractivity contribution in [2.75, 3.05) is 13.6 Å². The standard InChI is InChI=1S/C17H27ClN2O/c1-14(13-15-8-10-16(18)11-9-15)20(2)17(21)7-5-3-4-6-12-19/h8-11,14H,3-7,12-13,19H2,1-2H3. The lowest BCUT2D eigenvalue weighted by Gasteiger charge is -2.25. The minimum absolute atomic E-state index is 0.197. The van der Waals surface area contributed by atoms with Gasteiger partial charge in [0.15, 0.2) is 0 Å². The van der Waals surface area contributed by atoms with Crippen molar-refractivity contribution in [2.45, 2.75) is 51.5 Å². The van der Waals surface area contributed by atoms with Gasteiger partial charge in [-0.25, -0.2) is 0 Å². The van der Waals surface area contributed by atoms with Crippen LogP contribution in [0.25, 0.3) is 0 Å². The van der Waals surface area contributed by atoms with Gasteiger partial charge in [-0.3, -0.25) is 4.79 Å². The van der Waals surface area contributed by atoms with Crippen molar-refractivity contribution < 1.29 is 4.79 Å². The first-order valence-corrected chi connectivity index (χ1v) is 8.12. The second kappa shape index (κ2) is 9.80. The molecule has 0 aromatic heterocycles. The van der Waals surface area contributed by atoms with E-state index >= 15 is 0 Å². The largest absolute Gasteiger partial charge is 0.343 e. The second-order valence-electron chi connectivity index (χ2n) is 5.64. The van der Waals surface area contributed by atoms with Crippen LogP contribution in [-0.4, -0.2) is 30.4 Å². The first-order chi connectivity index (χ1) is 10.0. The highest BCUT2D eigenvalue weighted by Gasteiger charge is 2.15. The number of carbonyl (C=O) groups is 1. The minimum atomic E-state index is 0.197. The Morgan fingerprint density at radius 3 is 2.43 bits per heavy atom. The Morgan fingerprint density at radius 2 is 1.81 bits per heavy atom. The maximum atomic E-state index is 12.1.